The highest BCUT2D eigenvalue weighted by atomic mass is 16.5. The molecular formula is C10H20N2O2. The predicted octanol–water partition coefficient (Wildman–Crippen LogP) is 0.139. The van der Waals surface area contributed by atoms with E-state index in [1.54, 1.807) is 7.11 Å². The van der Waals surface area contributed by atoms with Gasteiger partial charge in [-0.2, -0.15) is 0 Å². The molecule has 0 atom stereocenters. The van der Waals surface area contributed by atoms with E-state index in [4.69, 9.17) is 4.74 Å². The Hall–Kier alpha value is -0.610. The van der Waals surface area contributed by atoms with Gasteiger partial charge < -0.3 is 15.4 Å². The molecule has 1 rings (SSSR count). The highest BCUT2D eigenvalue weighted by Crippen LogP contribution is 2.31. The Balaban J connectivity index is 1.82. The number of rotatable bonds is 8. The molecule has 1 saturated carbocycles. The lowest BCUT2D eigenvalue weighted by molar-refractivity contribution is -0.120. The summed E-state index contributed by atoms with van der Waals surface area (Å²) < 4.78 is 4.85. The maximum atomic E-state index is 11.2. The number of nitrogens with one attached hydrogen (secondary N) is 2. The third-order valence-corrected chi connectivity index (χ3v) is 2.34. The summed E-state index contributed by atoms with van der Waals surface area (Å²) >= 11 is 0. The second kappa shape index (κ2) is 6.79. The quantitative estimate of drug-likeness (QED) is 0.548. The highest BCUT2D eigenvalue weighted by molar-refractivity contribution is 5.77. The molecule has 0 spiro atoms. The van der Waals surface area contributed by atoms with Gasteiger partial charge in [-0.1, -0.05) is 12.8 Å². The summed E-state index contributed by atoms with van der Waals surface area (Å²) in [6.45, 7) is 2.60. The molecule has 1 aliphatic carbocycles. The third kappa shape index (κ3) is 5.94. The van der Waals surface area contributed by atoms with Crippen molar-refractivity contribution in [2.45, 2.75) is 19.3 Å². The lowest BCUT2D eigenvalue weighted by Crippen LogP contribution is -2.35. The Morgan fingerprint density at radius 2 is 2.21 bits per heavy atom. The van der Waals surface area contributed by atoms with Gasteiger partial charge in [0.05, 0.1) is 13.2 Å². The molecular weight excluding hydrogens is 180 g/mol. The standard InChI is InChI=1S/C10H20N2O2/c1-14-7-6-11-8-10(13)12-5-4-9-2-3-9/h9,11H,2-8H2,1H3,(H,12,13). The van der Waals surface area contributed by atoms with E-state index in [2.05, 4.69) is 10.6 Å². The van der Waals surface area contributed by atoms with Crippen LogP contribution in [0.3, 0.4) is 0 Å². The van der Waals surface area contributed by atoms with Crippen molar-refractivity contribution in [2.75, 3.05) is 33.4 Å². The van der Waals surface area contributed by atoms with Gasteiger partial charge in [0.2, 0.25) is 5.91 Å². The average Bonchev–Trinajstić information content (AvgIpc) is 2.96. The van der Waals surface area contributed by atoms with Crippen molar-refractivity contribution >= 4 is 5.91 Å². The summed E-state index contributed by atoms with van der Waals surface area (Å²) in [5.41, 5.74) is 0. The van der Waals surface area contributed by atoms with Crippen molar-refractivity contribution in [2.24, 2.45) is 5.92 Å². The van der Waals surface area contributed by atoms with Gasteiger partial charge in [-0.15, -0.1) is 0 Å². The van der Waals surface area contributed by atoms with Gasteiger partial charge in [-0.25, -0.2) is 0 Å². The van der Waals surface area contributed by atoms with Gasteiger partial charge in [0, 0.05) is 20.2 Å². The molecule has 2 N–H and O–H groups in total. The molecule has 0 aromatic rings. The van der Waals surface area contributed by atoms with Crippen molar-refractivity contribution in [3.8, 4) is 0 Å². The molecule has 0 saturated heterocycles. The van der Waals surface area contributed by atoms with E-state index >= 15 is 0 Å². The molecule has 0 aliphatic heterocycles. The first kappa shape index (κ1) is 11.5. The Morgan fingerprint density at radius 1 is 1.43 bits per heavy atom. The normalized spacial score (nSPS) is 15.5. The number of amides is 1. The minimum absolute atomic E-state index is 0.0850. The zero-order valence-corrected chi connectivity index (χ0v) is 8.84. The van der Waals surface area contributed by atoms with Gasteiger partial charge >= 0.3 is 0 Å². The monoisotopic (exact) mass is 200 g/mol. The smallest absolute Gasteiger partial charge is 0.233 e. The molecule has 0 aromatic carbocycles. The molecule has 4 nitrogen and oxygen atoms in total. The molecule has 1 aliphatic rings. The number of methoxy groups -OCH3 is 1. The Labute approximate surface area is 85.4 Å². The predicted molar refractivity (Wildman–Crippen MR) is 55.1 cm³/mol. The Bertz CT molecular complexity index is 170. The fourth-order valence-electron chi connectivity index (χ4n) is 1.26. The first-order chi connectivity index (χ1) is 6.83. The van der Waals surface area contributed by atoms with Crippen LogP contribution >= 0.6 is 0 Å². The van der Waals surface area contributed by atoms with Crippen molar-refractivity contribution in [1.29, 1.82) is 0 Å². The SMILES string of the molecule is COCCNCC(=O)NCCC1CC1. The zero-order chi connectivity index (χ0) is 10.2. The first-order valence-electron chi connectivity index (χ1n) is 5.29. The summed E-state index contributed by atoms with van der Waals surface area (Å²) in [6.07, 6.45) is 3.84. The molecule has 1 fully saturated rings. The zero-order valence-electron chi connectivity index (χ0n) is 8.84. The maximum Gasteiger partial charge on any atom is 0.233 e. The maximum absolute atomic E-state index is 11.2. The summed E-state index contributed by atoms with van der Waals surface area (Å²) in [7, 11) is 1.65. The van der Waals surface area contributed by atoms with Crippen LogP contribution in [0.1, 0.15) is 19.3 Å². The van der Waals surface area contributed by atoms with Crippen molar-refractivity contribution in [3.05, 3.63) is 0 Å². The summed E-state index contributed by atoms with van der Waals surface area (Å²) in [6, 6.07) is 0. The topological polar surface area (TPSA) is 50.4 Å². The summed E-state index contributed by atoms with van der Waals surface area (Å²) in [5, 5.41) is 5.89. The van der Waals surface area contributed by atoms with Crippen LogP contribution in [0.4, 0.5) is 0 Å². The average molecular weight is 200 g/mol. The minimum Gasteiger partial charge on any atom is -0.383 e. The lowest BCUT2D eigenvalue weighted by atomic mass is 10.3. The molecule has 0 bridgehead atoms. The molecule has 0 heterocycles. The van der Waals surface area contributed by atoms with E-state index in [1.165, 1.54) is 12.8 Å². The van der Waals surface area contributed by atoms with Gasteiger partial charge in [0.25, 0.3) is 0 Å². The second-order valence-electron chi connectivity index (χ2n) is 3.75. The van der Waals surface area contributed by atoms with Crippen LogP contribution in [0.15, 0.2) is 0 Å². The largest absolute Gasteiger partial charge is 0.383 e. The van der Waals surface area contributed by atoms with Crippen LogP contribution < -0.4 is 10.6 Å². The van der Waals surface area contributed by atoms with Crippen LogP contribution in [0.2, 0.25) is 0 Å². The van der Waals surface area contributed by atoms with Crippen molar-refractivity contribution < 1.29 is 9.53 Å². The van der Waals surface area contributed by atoms with Gasteiger partial charge in [0.1, 0.15) is 0 Å². The molecule has 0 radical (unpaired) electrons. The van der Waals surface area contributed by atoms with Gasteiger partial charge in [-0.3, -0.25) is 4.79 Å². The number of hydrogen-bond acceptors (Lipinski definition) is 3. The van der Waals surface area contributed by atoms with Crippen LogP contribution in [-0.4, -0.2) is 39.3 Å². The molecule has 1 amide bonds. The molecule has 14 heavy (non-hydrogen) atoms. The number of carbonyl (C=O) groups excluding carboxylic acids is 1. The summed E-state index contributed by atoms with van der Waals surface area (Å²) in [4.78, 5) is 11.2. The van der Waals surface area contributed by atoms with Gasteiger partial charge in [0.15, 0.2) is 0 Å². The van der Waals surface area contributed by atoms with Crippen LogP contribution in [-0.2, 0) is 9.53 Å². The minimum atomic E-state index is 0.0850. The van der Waals surface area contributed by atoms with E-state index in [1.807, 2.05) is 0 Å². The second-order valence-corrected chi connectivity index (χ2v) is 3.75. The Kier molecular flexibility index (Phi) is 5.56. The van der Waals surface area contributed by atoms with Crippen LogP contribution in [0.25, 0.3) is 0 Å². The van der Waals surface area contributed by atoms with E-state index < -0.39 is 0 Å². The highest BCUT2D eigenvalue weighted by Gasteiger charge is 2.20. The molecule has 4 heteroatoms. The van der Waals surface area contributed by atoms with E-state index in [0.29, 0.717) is 13.2 Å². The number of hydrogen-bond donors (Lipinski definition) is 2. The van der Waals surface area contributed by atoms with E-state index in [9.17, 15) is 4.79 Å². The van der Waals surface area contributed by atoms with Crippen molar-refractivity contribution in [3.63, 3.8) is 0 Å². The molecule has 82 valence electrons. The summed E-state index contributed by atoms with van der Waals surface area (Å²) in [5.74, 6) is 0.971. The third-order valence-electron chi connectivity index (χ3n) is 2.34. The Morgan fingerprint density at radius 3 is 2.86 bits per heavy atom. The van der Waals surface area contributed by atoms with Crippen LogP contribution in [0.5, 0.6) is 0 Å². The number of carbonyl (C=O) groups is 1. The van der Waals surface area contributed by atoms with Crippen molar-refractivity contribution in [1.82, 2.24) is 10.6 Å². The first-order valence-corrected chi connectivity index (χ1v) is 5.29. The fraction of sp³-hybridized carbons (Fsp3) is 0.900. The van der Waals surface area contributed by atoms with Gasteiger partial charge in [-0.05, 0) is 12.3 Å². The molecule has 0 unspecified atom stereocenters. The van der Waals surface area contributed by atoms with Crippen LogP contribution in [0, 0.1) is 5.92 Å². The van der Waals surface area contributed by atoms with E-state index in [0.717, 1.165) is 25.4 Å². The fourth-order valence-corrected chi connectivity index (χ4v) is 1.26. The lowest BCUT2D eigenvalue weighted by Gasteiger charge is -2.05. The number of ether oxygens (including phenoxy) is 1. The van der Waals surface area contributed by atoms with E-state index in [-0.39, 0.29) is 5.91 Å². The molecule has 0 aromatic heterocycles.